The second-order valence-electron chi connectivity index (χ2n) is 5.18. The van der Waals surface area contributed by atoms with Crippen LogP contribution in [0.5, 0.6) is 0 Å². The van der Waals surface area contributed by atoms with Gasteiger partial charge in [-0.25, -0.2) is 9.97 Å². The fourth-order valence-electron chi connectivity index (χ4n) is 2.22. The zero-order chi connectivity index (χ0) is 17.3. The van der Waals surface area contributed by atoms with E-state index in [4.69, 9.17) is 4.98 Å². The molecule has 0 unspecified atom stereocenters. The molecule has 0 amide bonds. The Morgan fingerprint density at radius 3 is 2.28 bits per heavy atom. The molecule has 0 aliphatic carbocycles. The first-order chi connectivity index (χ1) is 12.3. The average molecular weight is 387 g/mol. The quantitative estimate of drug-likeness (QED) is 0.429. The lowest BCUT2D eigenvalue weighted by Gasteiger charge is -2.08. The largest absolute Gasteiger partial charge is 0.396 e. The zero-order valence-electron chi connectivity index (χ0n) is 13.5. The van der Waals surface area contributed by atoms with Crippen molar-refractivity contribution in [2.45, 2.75) is 27.3 Å². The molecule has 0 saturated heterocycles. The summed E-state index contributed by atoms with van der Waals surface area (Å²) in [5.74, 6) is 0.852. The molecule has 2 heterocycles. The van der Waals surface area contributed by atoms with E-state index < -0.39 is 0 Å². The summed E-state index contributed by atoms with van der Waals surface area (Å²) in [5, 5.41) is 12.1. The number of benzene rings is 1. The minimum atomic E-state index is 0.177. The normalized spacial score (nSPS) is 10.8. The van der Waals surface area contributed by atoms with E-state index in [1.54, 1.807) is 39.5 Å². The Balaban J connectivity index is 1.60. The maximum absolute atomic E-state index is 9.19. The molecule has 0 spiro atoms. The third-order valence-electron chi connectivity index (χ3n) is 3.42. The number of pyridine rings is 2. The van der Waals surface area contributed by atoms with Gasteiger partial charge < -0.3 is 5.11 Å². The number of nitrogens with zero attached hydrogens (tertiary/aromatic N) is 2. The molecule has 0 bridgehead atoms. The third-order valence-corrected chi connectivity index (χ3v) is 6.57. The Bertz CT molecular complexity index is 799. The van der Waals surface area contributed by atoms with Gasteiger partial charge in [-0.3, -0.25) is 0 Å². The number of aliphatic hydroxyl groups is 1. The highest BCUT2D eigenvalue weighted by atomic mass is 33.1. The van der Waals surface area contributed by atoms with Gasteiger partial charge in [0.1, 0.15) is 10.1 Å². The van der Waals surface area contributed by atoms with Gasteiger partial charge in [0.15, 0.2) is 0 Å². The van der Waals surface area contributed by atoms with E-state index >= 15 is 0 Å². The number of hydrogen-bond acceptors (Lipinski definition) is 6. The van der Waals surface area contributed by atoms with Crippen LogP contribution < -0.4 is 0 Å². The van der Waals surface area contributed by atoms with Crippen LogP contribution in [-0.2, 0) is 12.2 Å². The molecule has 0 aliphatic rings. The molecule has 0 aliphatic heterocycles. The molecule has 0 radical (unpaired) electrons. The van der Waals surface area contributed by atoms with Crippen molar-refractivity contribution in [3.8, 4) is 0 Å². The topological polar surface area (TPSA) is 46.0 Å². The van der Waals surface area contributed by atoms with Crippen LogP contribution >= 0.6 is 33.3 Å². The number of aliphatic hydroxyl groups excluding tert-OH is 1. The lowest BCUT2D eigenvalue weighted by atomic mass is 10.1. The maximum Gasteiger partial charge on any atom is 0.108 e. The average Bonchev–Trinajstić information content (AvgIpc) is 2.67. The van der Waals surface area contributed by atoms with Crippen LogP contribution in [0.15, 0.2) is 81.9 Å². The van der Waals surface area contributed by atoms with Crippen molar-refractivity contribution in [1.29, 1.82) is 0 Å². The van der Waals surface area contributed by atoms with Gasteiger partial charge in [0.25, 0.3) is 0 Å². The van der Waals surface area contributed by atoms with Crippen molar-refractivity contribution in [1.82, 2.24) is 9.97 Å². The summed E-state index contributed by atoms with van der Waals surface area (Å²) < 4.78 is 0. The van der Waals surface area contributed by atoms with Gasteiger partial charge in [0.05, 0.1) is 5.03 Å². The van der Waals surface area contributed by atoms with Gasteiger partial charge in [-0.05, 0) is 63.4 Å². The lowest BCUT2D eigenvalue weighted by molar-refractivity contribution is 0.299. The molecule has 3 aromatic rings. The highest BCUT2D eigenvalue weighted by Crippen LogP contribution is 2.36. The van der Waals surface area contributed by atoms with Crippen LogP contribution in [0.25, 0.3) is 0 Å². The van der Waals surface area contributed by atoms with Crippen LogP contribution in [0.1, 0.15) is 11.1 Å². The molecule has 2 aromatic heterocycles. The molecule has 1 aromatic carbocycles. The first-order valence-electron chi connectivity index (χ1n) is 7.88. The molecule has 128 valence electrons. The molecular weight excluding hydrogens is 368 g/mol. The smallest absolute Gasteiger partial charge is 0.108 e. The van der Waals surface area contributed by atoms with Gasteiger partial charge in [-0.15, -0.1) is 11.8 Å². The van der Waals surface area contributed by atoms with Gasteiger partial charge in [-0.2, -0.15) is 0 Å². The monoisotopic (exact) mass is 386 g/mol. The van der Waals surface area contributed by atoms with E-state index in [1.807, 2.05) is 48.5 Å². The Morgan fingerprint density at radius 1 is 0.760 bits per heavy atom. The predicted molar refractivity (Wildman–Crippen MR) is 107 cm³/mol. The molecule has 3 nitrogen and oxygen atoms in total. The Labute approximate surface area is 160 Å². The van der Waals surface area contributed by atoms with E-state index in [0.29, 0.717) is 6.42 Å². The SMILES string of the molecule is OCCc1ccccc1CSc1cccc(SSc2ccccn2)n1. The summed E-state index contributed by atoms with van der Waals surface area (Å²) in [6.45, 7) is 0.177. The second-order valence-corrected chi connectivity index (χ2v) is 8.35. The van der Waals surface area contributed by atoms with E-state index in [0.717, 1.165) is 20.8 Å². The molecule has 0 atom stereocenters. The van der Waals surface area contributed by atoms with Crippen molar-refractivity contribution in [2.75, 3.05) is 6.61 Å². The Hall–Kier alpha value is -1.47. The van der Waals surface area contributed by atoms with Crippen LogP contribution in [0, 0.1) is 0 Å². The predicted octanol–water partition coefficient (Wildman–Crippen LogP) is 5.10. The number of thioether (sulfide) groups is 1. The summed E-state index contributed by atoms with van der Waals surface area (Å²) in [6, 6.07) is 20.2. The first-order valence-corrected chi connectivity index (χ1v) is 11.0. The fourth-order valence-corrected chi connectivity index (χ4v) is 4.96. The Morgan fingerprint density at radius 2 is 1.48 bits per heavy atom. The van der Waals surface area contributed by atoms with Crippen molar-refractivity contribution in [3.05, 3.63) is 78.0 Å². The second kappa shape index (κ2) is 9.87. The fraction of sp³-hybridized carbons (Fsp3) is 0.158. The number of aromatic nitrogens is 2. The van der Waals surface area contributed by atoms with Gasteiger partial charge in [-0.1, -0.05) is 36.4 Å². The summed E-state index contributed by atoms with van der Waals surface area (Å²) in [5.41, 5.74) is 2.46. The van der Waals surface area contributed by atoms with Crippen molar-refractivity contribution < 1.29 is 5.11 Å². The molecule has 6 heteroatoms. The Kier molecular flexibility index (Phi) is 7.23. The van der Waals surface area contributed by atoms with Crippen LogP contribution in [0.4, 0.5) is 0 Å². The van der Waals surface area contributed by atoms with Crippen LogP contribution in [0.3, 0.4) is 0 Å². The summed E-state index contributed by atoms with van der Waals surface area (Å²) in [7, 11) is 3.23. The van der Waals surface area contributed by atoms with E-state index in [2.05, 4.69) is 17.1 Å². The molecule has 0 saturated carbocycles. The van der Waals surface area contributed by atoms with Gasteiger partial charge in [0, 0.05) is 18.6 Å². The van der Waals surface area contributed by atoms with Crippen LogP contribution in [-0.4, -0.2) is 21.7 Å². The van der Waals surface area contributed by atoms with Crippen LogP contribution in [0.2, 0.25) is 0 Å². The van der Waals surface area contributed by atoms with Crippen molar-refractivity contribution in [2.24, 2.45) is 0 Å². The van der Waals surface area contributed by atoms with E-state index in [1.165, 1.54) is 11.1 Å². The molecule has 1 N–H and O–H groups in total. The van der Waals surface area contributed by atoms with Crippen molar-refractivity contribution >= 4 is 33.3 Å². The zero-order valence-corrected chi connectivity index (χ0v) is 16.0. The lowest BCUT2D eigenvalue weighted by Crippen LogP contribution is -1.96. The van der Waals surface area contributed by atoms with E-state index in [-0.39, 0.29) is 6.61 Å². The minimum absolute atomic E-state index is 0.177. The highest BCUT2D eigenvalue weighted by Gasteiger charge is 2.05. The maximum atomic E-state index is 9.19. The molecular formula is C19H18N2OS3. The standard InChI is InChI=1S/C19H18N2OS3/c22-13-11-15-6-1-2-7-16(15)14-23-18-9-5-10-19(21-18)25-24-17-8-3-4-12-20-17/h1-10,12,22H,11,13-14H2. The minimum Gasteiger partial charge on any atom is -0.396 e. The van der Waals surface area contributed by atoms with E-state index in [9.17, 15) is 5.11 Å². The summed E-state index contributed by atoms with van der Waals surface area (Å²) in [6.07, 6.45) is 2.49. The third kappa shape index (κ3) is 5.78. The van der Waals surface area contributed by atoms with Gasteiger partial charge >= 0.3 is 0 Å². The summed E-state index contributed by atoms with van der Waals surface area (Å²) >= 11 is 1.72. The van der Waals surface area contributed by atoms with Crippen molar-refractivity contribution in [3.63, 3.8) is 0 Å². The first kappa shape index (κ1) is 18.3. The van der Waals surface area contributed by atoms with Gasteiger partial charge in [0.2, 0.25) is 0 Å². The molecule has 0 fully saturated rings. The molecule has 3 rings (SSSR count). The summed E-state index contributed by atoms with van der Waals surface area (Å²) in [4.78, 5) is 9.01. The molecule has 25 heavy (non-hydrogen) atoms. The number of rotatable bonds is 8. The highest BCUT2D eigenvalue weighted by molar-refractivity contribution is 8.76. The number of hydrogen-bond donors (Lipinski definition) is 1.